The zero-order chi connectivity index (χ0) is 15.0. The topological polar surface area (TPSA) is 37.8 Å². The third-order valence-electron chi connectivity index (χ3n) is 3.42. The maximum absolute atomic E-state index is 12.6. The summed E-state index contributed by atoms with van der Waals surface area (Å²) in [6, 6.07) is 10.1. The van der Waals surface area contributed by atoms with Gasteiger partial charge in [-0.3, -0.25) is 9.36 Å². The van der Waals surface area contributed by atoms with Crippen LogP contribution in [0.25, 0.3) is 20.7 Å². The van der Waals surface area contributed by atoms with Gasteiger partial charge in [-0.2, -0.15) is 0 Å². The highest BCUT2D eigenvalue weighted by molar-refractivity contribution is 7.71. The van der Waals surface area contributed by atoms with E-state index < -0.39 is 0 Å². The maximum Gasteiger partial charge on any atom is 0.263 e. The summed E-state index contributed by atoms with van der Waals surface area (Å²) < 4.78 is 1.98. The van der Waals surface area contributed by atoms with Gasteiger partial charge in [0.25, 0.3) is 5.56 Å². The predicted molar refractivity (Wildman–Crippen MR) is 91.6 cm³/mol. The van der Waals surface area contributed by atoms with E-state index in [9.17, 15) is 4.79 Å². The quantitative estimate of drug-likeness (QED) is 0.579. The number of hydrogen-bond acceptors (Lipinski definition) is 3. The summed E-state index contributed by atoms with van der Waals surface area (Å²) in [4.78, 5) is 17.7. The van der Waals surface area contributed by atoms with Crippen LogP contribution in [0, 0.1) is 11.7 Å². The Morgan fingerprint density at radius 2 is 2.10 bits per heavy atom. The summed E-state index contributed by atoms with van der Waals surface area (Å²) in [6.45, 7) is 6.08. The number of aromatic amines is 1. The fraction of sp³-hybridized carbons (Fsp3) is 0.125. The first-order valence-corrected chi connectivity index (χ1v) is 7.78. The van der Waals surface area contributed by atoms with Crippen molar-refractivity contribution in [3.05, 3.63) is 63.7 Å². The highest BCUT2D eigenvalue weighted by Crippen LogP contribution is 2.35. The lowest BCUT2D eigenvalue weighted by atomic mass is 10.1. The zero-order valence-corrected chi connectivity index (χ0v) is 13.2. The van der Waals surface area contributed by atoms with E-state index in [-0.39, 0.29) is 5.56 Å². The number of H-pyrrole nitrogens is 1. The van der Waals surface area contributed by atoms with E-state index in [1.807, 2.05) is 25.1 Å². The lowest BCUT2D eigenvalue weighted by Gasteiger charge is -2.03. The van der Waals surface area contributed by atoms with Crippen molar-refractivity contribution in [3.63, 3.8) is 0 Å². The number of thiophene rings is 1. The molecule has 1 N–H and O–H groups in total. The molecule has 0 aliphatic rings. The summed E-state index contributed by atoms with van der Waals surface area (Å²) >= 11 is 6.84. The Balaban J connectivity index is 2.36. The molecule has 106 valence electrons. The van der Waals surface area contributed by atoms with E-state index in [4.69, 9.17) is 12.2 Å². The molecule has 0 radical (unpaired) electrons. The highest BCUT2D eigenvalue weighted by atomic mass is 32.1. The average molecular weight is 314 g/mol. The minimum absolute atomic E-state index is 0.0513. The van der Waals surface area contributed by atoms with E-state index in [0.717, 1.165) is 20.8 Å². The molecule has 0 saturated carbocycles. The van der Waals surface area contributed by atoms with Gasteiger partial charge in [-0.1, -0.05) is 36.4 Å². The van der Waals surface area contributed by atoms with Crippen molar-refractivity contribution < 1.29 is 0 Å². The van der Waals surface area contributed by atoms with Crippen LogP contribution in [0.5, 0.6) is 0 Å². The van der Waals surface area contributed by atoms with Crippen LogP contribution in [0.1, 0.15) is 5.56 Å². The molecule has 3 aromatic rings. The molecule has 21 heavy (non-hydrogen) atoms. The van der Waals surface area contributed by atoms with Crippen molar-refractivity contribution in [1.29, 1.82) is 0 Å². The molecule has 5 heteroatoms. The molecule has 0 bridgehead atoms. The number of nitrogens with zero attached hydrogens (tertiary/aromatic N) is 1. The minimum atomic E-state index is -0.0513. The first-order chi connectivity index (χ1) is 10.1. The minimum Gasteiger partial charge on any atom is -0.323 e. The van der Waals surface area contributed by atoms with Gasteiger partial charge in [0.15, 0.2) is 4.77 Å². The summed E-state index contributed by atoms with van der Waals surface area (Å²) in [6.07, 6.45) is 1.68. The van der Waals surface area contributed by atoms with Gasteiger partial charge >= 0.3 is 0 Å². The molecule has 3 rings (SSSR count). The molecule has 2 heterocycles. The van der Waals surface area contributed by atoms with Crippen molar-refractivity contribution in [2.75, 3.05) is 0 Å². The first kappa shape index (κ1) is 14.0. The molecular formula is C16H14N2OS2. The second-order valence-corrected chi connectivity index (χ2v) is 6.17. The van der Waals surface area contributed by atoms with E-state index in [1.165, 1.54) is 0 Å². The molecule has 0 atom stereocenters. The zero-order valence-electron chi connectivity index (χ0n) is 11.6. The van der Waals surface area contributed by atoms with Crippen molar-refractivity contribution in [2.45, 2.75) is 13.5 Å². The summed E-state index contributed by atoms with van der Waals surface area (Å²) in [5.74, 6) is 0. The maximum atomic E-state index is 12.6. The third-order valence-corrected chi connectivity index (χ3v) is 5.00. The van der Waals surface area contributed by atoms with Crippen molar-refractivity contribution >= 4 is 33.8 Å². The molecular weight excluding hydrogens is 300 g/mol. The molecule has 0 saturated heterocycles. The number of aryl methyl sites for hydroxylation is 1. The molecule has 0 aliphatic heterocycles. The Morgan fingerprint density at radius 3 is 2.76 bits per heavy atom. The number of benzene rings is 1. The monoisotopic (exact) mass is 314 g/mol. The van der Waals surface area contributed by atoms with Crippen LogP contribution in [0.15, 0.2) is 47.8 Å². The SMILES string of the molecule is C=CCn1c(=S)[nH]c2sc(-c3ccccc3)c(C)c2c1=O. The Hall–Kier alpha value is -1.98. The standard InChI is InChI=1S/C16H14N2OS2/c1-3-9-18-15(19)12-10(2)13(11-7-5-4-6-8-11)21-14(12)17-16(18)20/h3-8H,1,9H2,2H3,(H,17,20). The Bertz CT molecular complexity index is 933. The Labute approximate surface area is 131 Å². The largest absolute Gasteiger partial charge is 0.323 e. The normalized spacial score (nSPS) is 10.9. The van der Waals surface area contributed by atoms with Crippen molar-refractivity contribution in [2.24, 2.45) is 0 Å². The third kappa shape index (κ3) is 2.28. The Morgan fingerprint density at radius 1 is 1.38 bits per heavy atom. The number of nitrogens with one attached hydrogen (secondary N) is 1. The summed E-state index contributed by atoms with van der Waals surface area (Å²) in [5, 5.41) is 0.717. The van der Waals surface area contributed by atoms with Crippen LogP contribution in [0.3, 0.4) is 0 Å². The van der Waals surface area contributed by atoms with Gasteiger partial charge in [-0.15, -0.1) is 17.9 Å². The molecule has 0 fully saturated rings. The molecule has 0 unspecified atom stereocenters. The van der Waals surface area contributed by atoms with E-state index in [0.29, 0.717) is 16.7 Å². The van der Waals surface area contributed by atoms with Gasteiger partial charge in [0.2, 0.25) is 0 Å². The van der Waals surface area contributed by atoms with Crippen LogP contribution in [-0.4, -0.2) is 9.55 Å². The van der Waals surface area contributed by atoms with Crippen LogP contribution in [0.2, 0.25) is 0 Å². The smallest absolute Gasteiger partial charge is 0.263 e. The van der Waals surface area contributed by atoms with Gasteiger partial charge in [-0.25, -0.2) is 0 Å². The summed E-state index contributed by atoms with van der Waals surface area (Å²) in [7, 11) is 0. The lowest BCUT2D eigenvalue weighted by molar-refractivity contribution is 0.753. The molecule has 0 aliphatic carbocycles. The van der Waals surface area contributed by atoms with Crippen LogP contribution < -0.4 is 5.56 Å². The number of hydrogen-bond donors (Lipinski definition) is 1. The van der Waals surface area contributed by atoms with Gasteiger partial charge < -0.3 is 4.98 Å². The van der Waals surface area contributed by atoms with Gasteiger partial charge in [-0.05, 0) is 30.3 Å². The van der Waals surface area contributed by atoms with Crippen LogP contribution >= 0.6 is 23.6 Å². The van der Waals surface area contributed by atoms with Gasteiger partial charge in [0, 0.05) is 11.4 Å². The first-order valence-electron chi connectivity index (χ1n) is 6.56. The fourth-order valence-corrected chi connectivity index (χ4v) is 3.94. The van der Waals surface area contributed by atoms with Crippen LogP contribution in [0.4, 0.5) is 0 Å². The Kier molecular flexibility index (Phi) is 3.61. The lowest BCUT2D eigenvalue weighted by Crippen LogP contribution is -2.21. The van der Waals surface area contributed by atoms with Gasteiger partial charge in [0.1, 0.15) is 4.83 Å². The van der Waals surface area contributed by atoms with Crippen LogP contribution in [-0.2, 0) is 6.54 Å². The molecule has 0 spiro atoms. The number of allylic oxidation sites excluding steroid dienone is 1. The molecule has 2 aromatic heterocycles. The van der Waals surface area contributed by atoms with Crippen molar-refractivity contribution in [3.8, 4) is 10.4 Å². The second kappa shape index (κ2) is 5.42. The number of aromatic nitrogens is 2. The highest BCUT2D eigenvalue weighted by Gasteiger charge is 2.15. The fourth-order valence-electron chi connectivity index (χ4n) is 2.41. The average Bonchev–Trinajstić information content (AvgIpc) is 2.81. The summed E-state index contributed by atoms with van der Waals surface area (Å²) in [5.41, 5.74) is 2.06. The number of fused-ring (bicyclic) bond motifs is 1. The van der Waals surface area contributed by atoms with E-state index >= 15 is 0 Å². The van der Waals surface area contributed by atoms with E-state index in [1.54, 1.807) is 22.0 Å². The van der Waals surface area contributed by atoms with Crippen molar-refractivity contribution in [1.82, 2.24) is 9.55 Å². The molecule has 3 nitrogen and oxygen atoms in total. The van der Waals surface area contributed by atoms with E-state index in [2.05, 4.69) is 23.7 Å². The molecule has 0 amide bonds. The number of rotatable bonds is 3. The predicted octanol–water partition coefficient (Wildman–Crippen LogP) is 4.28. The molecule has 1 aromatic carbocycles. The van der Waals surface area contributed by atoms with Gasteiger partial charge in [0.05, 0.1) is 5.39 Å². The second-order valence-electron chi connectivity index (χ2n) is 4.76.